The molecule has 0 saturated carbocycles. The van der Waals surface area contributed by atoms with E-state index in [4.69, 9.17) is 9.84 Å². The van der Waals surface area contributed by atoms with Crippen LogP contribution in [-0.4, -0.2) is 44.5 Å². The lowest BCUT2D eigenvalue weighted by molar-refractivity contribution is -0.137. The summed E-state index contributed by atoms with van der Waals surface area (Å²) in [5, 5.41) is 8.58. The molecular weight excluding hydrogens is 296 g/mol. The fourth-order valence-corrected chi connectivity index (χ4v) is 2.74. The van der Waals surface area contributed by atoms with E-state index in [1.165, 1.54) is 7.05 Å². The van der Waals surface area contributed by atoms with Gasteiger partial charge < -0.3 is 9.84 Å². The number of nitrogens with zero attached hydrogens (tertiary/aromatic N) is 1. The van der Waals surface area contributed by atoms with E-state index in [2.05, 4.69) is 4.72 Å². The van der Waals surface area contributed by atoms with Crippen LogP contribution in [0.5, 0.6) is 5.75 Å². The number of nitrogens with one attached hydrogen (secondary N) is 1. The first kappa shape index (κ1) is 17.4. The van der Waals surface area contributed by atoms with Crippen molar-refractivity contribution >= 4 is 16.2 Å². The molecule has 0 aliphatic heterocycles. The molecule has 1 aromatic carbocycles. The predicted octanol–water partition coefficient (Wildman–Crippen LogP) is 0.997. The number of carboxylic acids is 1. The minimum Gasteiger partial charge on any atom is -0.497 e. The van der Waals surface area contributed by atoms with Gasteiger partial charge in [-0.05, 0) is 24.6 Å². The van der Waals surface area contributed by atoms with Crippen LogP contribution in [0.25, 0.3) is 0 Å². The number of benzene rings is 1. The van der Waals surface area contributed by atoms with Crippen molar-refractivity contribution < 1.29 is 23.1 Å². The van der Waals surface area contributed by atoms with E-state index >= 15 is 0 Å². The van der Waals surface area contributed by atoms with Gasteiger partial charge in [0.25, 0.3) is 10.2 Å². The van der Waals surface area contributed by atoms with Crippen LogP contribution in [0.4, 0.5) is 0 Å². The van der Waals surface area contributed by atoms with Gasteiger partial charge in [-0.15, -0.1) is 0 Å². The Bertz CT molecular complexity index is 571. The molecule has 0 heterocycles. The number of carbonyl (C=O) groups is 1. The van der Waals surface area contributed by atoms with Crippen LogP contribution < -0.4 is 9.46 Å². The van der Waals surface area contributed by atoms with Gasteiger partial charge in [-0.25, -0.2) is 0 Å². The molecular formula is C13H20N2O5S. The Morgan fingerprint density at radius 1 is 1.38 bits per heavy atom. The van der Waals surface area contributed by atoms with Crippen LogP contribution in [0.1, 0.15) is 24.9 Å². The Morgan fingerprint density at radius 2 is 1.95 bits per heavy atom. The Kier molecular flexibility index (Phi) is 6.13. The maximum atomic E-state index is 12.0. The molecule has 1 atom stereocenters. The lowest BCUT2D eigenvalue weighted by Gasteiger charge is -2.21. The molecule has 1 aromatic rings. The van der Waals surface area contributed by atoms with E-state index < -0.39 is 22.2 Å². The Hall–Kier alpha value is -1.64. The predicted molar refractivity (Wildman–Crippen MR) is 78.3 cm³/mol. The normalized spacial score (nSPS) is 13.1. The average molecular weight is 316 g/mol. The fourth-order valence-electron chi connectivity index (χ4n) is 1.65. The summed E-state index contributed by atoms with van der Waals surface area (Å²) in [4.78, 5) is 10.5. The van der Waals surface area contributed by atoms with Crippen LogP contribution in [0.2, 0.25) is 0 Å². The van der Waals surface area contributed by atoms with Crippen molar-refractivity contribution in [3.8, 4) is 5.75 Å². The number of ether oxygens (including phenoxy) is 1. The van der Waals surface area contributed by atoms with Gasteiger partial charge in [0, 0.05) is 19.6 Å². The summed E-state index contributed by atoms with van der Waals surface area (Å²) in [5.41, 5.74) is 0.783. The molecule has 7 nitrogen and oxygen atoms in total. The fraction of sp³-hybridized carbons (Fsp3) is 0.462. The molecule has 0 radical (unpaired) electrons. The second-order valence-electron chi connectivity index (χ2n) is 4.58. The smallest absolute Gasteiger partial charge is 0.304 e. The molecule has 0 amide bonds. The van der Waals surface area contributed by atoms with Gasteiger partial charge in [-0.1, -0.05) is 12.1 Å². The van der Waals surface area contributed by atoms with Crippen molar-refractivity contribution in [2.45, 2.75) is 19.4 Å². The Balaban J connectivity index is 2.70. The molecule has 0 spiro atoms. The van der Waals surface area contributed by atoms with Crippen molar-refractivity contribution in [3.63, 3.8) is 0 Å². The van der Waals surface area contributed by atoms with Gasteiger partial charge in [0.15, 0.2) is 0 Å². The van der Waals surface area contributed by atoms with Gasteiger partial charge in [0.05, 0.1) is 13.5 Å². The summed E-state index contributed by atoms with van der Waals surface area (Å²) in [5.74, 6) is -0.354. The van der Waals surface area contributed by atoms with Gasteiger partial charge in [-0.2, -0.15) is 17.4 Å². The maximum Gasteiger partial charge on any atom is 0.304 e. The summed E-state index contributed by atoms with van der Waals surface area (Å²) in [6.07, 6.45) is -0.242. The zero-order valence-corrected chi connectivity index (χ0v) is 13.1. The van der Waals surface area contributed by atoms with Crippen molar-refractivity contribution in [1.82, 2.24) is 9.03 Å². The Morgan fingerprint density at radius 3 is 2.43 bits per heavy atom. The van der Waals surface area contributed by atoms with E-state index in [0.717, 1.165) is 9.87 Å². The molecule has 2 N–H and O–H groups in total. The van der Waals surface area contributed by atoms with Crippen LogP contribution in [0.15, 0.2) is 24.3 Å². The minimum absolute atomic E-state index is 0.0833. The molecule has 0 saturated heterocycles. The third-order valence-electron chi connectivity index (χ3n) is 2.99. The van der Waals surface area contributed by atoms with Gasteiger partial charge in [0.2, 0.25) is 0 Å². The lowest BCUT2D eigenvalue weighted by atomic mass is 10.1. The molecule has 21 heavy (non-hydrogen) atoms. The molecule has 0 aliphatic rings. The van der Waals surface area contributed by atoms with E-state index in [-0.39, 0.29) is 13.0 Å². The first-order valence-corrected chi connectivity index (χ1v) is 7.79. The SMILES string of the molecule is COc1ccc([C@H](C)NS(=O)(=O)N(C)CCC(=O)O)cc1. The first-order chi connectivity index (χ1) is 9.76. The van der Waals surface area contributed by atoms with Crippen LogP contribution in [0.3, 0.4) is 0 Å². The third-order valence-corrected chi connectivity index (χ3v) is 4.65. The topological polar surface area (TPSA) is 95.9 Å². The lowest BCUT2D eigenvalue weighted by Crippen LogP contribution is -2.40. The van der Waals surface area contributed by atoms with Crippen molar-refractivity contribution in [3.05, 3.63) is 29.8 Å². The van der Waals surface area contributed by atoms with Crippen LogP contribution in [0, 0.1) is 0 Å². The molecule has 0 aromatic heterocycles. The van der Waals surface area contributed by atoms with E-state index in [0.29, 0.717) is 5.75 Å². The van der Waals surface area contributed by atoms with Gasteiger partial charge in [0.1, 0.15) is 5.75 Å². The number of hydrogen-bond donors (Lipinski definition) is 2. The van der Waals surface area contributed by atoms with E-state index in [9.17, 15) is 13.2 Å². The van der Waals surface area contributed by atoms with Crippen molar-refractivity contribution in [1.29, 1.82) is 0 Å². The number of methoxy groups -OCH3 is 1. The monoisotopic (exact) mass is 316 g/mol. The highest BCUT2D eigenvalue weighted by Crippen LogP contribution is 2.18. The third kappa shape index (κ3) is 5.33. The highest BCUT2D eigenvalue weighted by Gasteiger charge is 2.21. The molecule has 0 unspecified atom stereocenters. The van der Waals surface area contributed by atoms with E-state index in [1.54, 1.807) is 38.3 Å². The molecule has 1 rings (SSSR count). The van der Waals surface area contributed by atoms with E-state index in [1.807, 2.05) is 0 Å². The molecule has 0 aliphatic carbocycles. The summed E-state index contributed by atoms with van der Waals surface area (Å²) in [7, 11) is -0.837. The number of carboxylic acid groups (broad SMARTS) is 1. The van der Waals surface area contributed by atoms with Crippen molar-refractivity contribution in [2.75, 3.05) is 20.7 Å². The first-order valence-electron chi connectivity index (χ1n) is 6.35. The summed E-state index contributed by atoms with van der Waals surface area (Å²) >= 11 is 0. The summed E-state index contributed by atoms with van der Waals surface area (Å²) in [6, 6.07) is 6.59. The maximum absolute atomic E-state index is 12.0. The molecule has 118 valence electrons. The zero-order valence-electron chi connectivity index (χ0n) is 12.2. The van der Waals surface area contributed by atoms with Crippen LogP contribution >= 0.6 is 0 Å². The van der Waals surface area contributed by atoms with Crippen LogP contribution in [-0.2, 0) is 15.0 Å². The molecule has 8 heteroatoms. The number of aliphatic carboxylic acids is 1. The highest BCUT2D eigenvalue weighted by atomic mass is 32.2. The second-order valence-corrected chi connectivity index (χ2v) is 6.39. The quantitative estimate of drug-likeness (QED) is 0.746. The summed E-state index contributed by atoms with van der Waals surface area (Å²) in [6.45, 7) is 1.63. The largest absolute Gasteiger partial charge is 0.497 e. The average Bonchev–Trinajstić information content (AvgIpc) is 2.44. The zero-order chi connectivity index (χ0) is 16.0. The van der Waals surface area contributed by atoms with Gasteiger partial charge in [-0.3, -0.25) is 4.79 Å². The summed E-state index contributed by atoms with van der Waals surface area (Å²) < 4.78 is 32.6. The molecule has 0 bridgehead atoms. The Labute approximate surface area is 124 Å². The highest BCUT2D eigenvalue weighted by molar-refractivity contribution is 7.87. The second kappa shape index (κ2) is 7.39. The minimum atomic E-state index is -3.73. The standard InChI is InChI=1S/C13H20N2O5S/c1-10(11-4-6-12(20-3)7-5-11)14-21(18,19)15(2)9-8-13(16)17/h4-7,10,14H,8-9H2,1-3H3,(H,16,17)/t10-/m0/s1. The number of rotatable bonds is 8. The number of hydrogen-bond acceptors (Lipinski definition) is 4. The van der Waals surface area contributed by atoms with Gasteiger partial charge >= 0.3 is 5.97 Å². The molecule has 0 fully saturated rings. The van der Waals surface area contributed by atoms with Crippen molar-refractivity contribution in [2.24, 2.45) is 0 Å².